The molecule has 1 N–H and O–H groups in total. The van der Waals surface area contributed by atoms with Crippen LogP contribution in [-0.2, 0) is 12.8 Å². The third-order valence-corrected chi connectivity index (χ3v) is 6.16. The van der Waals surface area contributed by atoms with E-state index < -0.39 is 0 Å². The summed E-state index contributed by atoms with van der Waals surface area (Å²) in [7, 11) is 0. The van der Waals surface area contributed by atoms with E-state index in [2.05, 4.69) is 18.3 Å². The van der Waals surface area contributed by atoms with Crippen LogP contribution < -0.4 is 5.32 Å². The molecule has 2 aromatic heterocycles. The summed E-state index contributed by atoms with van der Waals surface area (Å²) in [6.45, 7) is 2.21. The molecular formula is C16H14N2OS3. The van der Waals surface area contributed by atoms with Gasteiger partial charge >= 0.3 is 0 Å². The summed E-state index contributed by atoms with van der Waals surface area (Å²) in [5.74, 6) is 0.417. The molecule has 0 bridgehead atoms. The number of hydrogen-bond acceptors (Lipinski definition) is 5. The van der Waals surface area contributed by atoms with E-state index in [1.54, 1.807) is 6.07 Å². The van der Waals surface area contributed by atoms with Crippen molar-refractivity contribution in [1.29, 1.82) is 5.26 Å². The second-order valence-electron chi connectivity index (χ2n) is 5.44. The fraction of sp³-hybridized carbons (Fsp3) is 0.312. The number of amides is 1. The Morgan fingerprint density at radius 3 is 3.00 bits per heavy atom. The van der Waals surface area contributed by atoms with Crippen LogP contribution in [0.1, 0.15) is 39.7 Å². The van der Waals surface area contributed by atoms with Gasteiger partial charge in [0, 0.05) is 0 Å². The normalized spacial score (nSPS) is 16.6. The van der Waals surface area contributed by atoms with Crippen molar-refractivity contribution < 1.29 is 4.79 Å². The second-order valence-corrected chi connectivity index (χ2v) is 8.08. The van der Waals surface area contributed by atoms with Gasteiger partial charge in [0.2, 0.25) is 0 Å². The highest BCUT2D eigenvalue weighted by atomic mass is 32.1. The number of nitrogens with one attached hydrogen (secondary N) is 1. The van der Waals surface area contributed by atoms with Crippen molar-refractivity contribution in [2.24, 2.45) is 5.92 Å². The minimum Gasteiger partial charge on any atom is -0.312 e. The number of thiophene rings is 1. The molecule has 2 heterocycles. The Hall–Kier alpha value is -1.55. The predicted molar refractivity (Wildman–Crippen MR) is 93.3 cm³/mol. The van der Waals surface area contributed by atoms with Gasteiger partial charge in [-0.05, 0) is 47.8 Å². The van der Waals surface area contributed by atoms with E-state index in [0.29, 0.717) is 21.4 Å². The predicted octanol–water partition coefficient (Wildman–Crippen LogP) is 4.79. The van der Waals surface area contributed by atoms with Crippen LogP contribution in [0.15, 0.2) is 17.5 Å². The average molecular weight is 347 g/mol. The summed E-state index contributed by atoms with van der Waals surface area (Å²) in [5, 5.41) is 14.9. The molecule has 1 amide bonds. The molecule has 1 aliphatic rings. The first-order valence-corrected chi connectivity index (χ1v) is 9.14. The molecule has 0 aliphatic heterocycles. The summed E-state index contributed by atoms with van der Waals surface area (Å²) < 4.78 is 0.794. The van der Waals surface area contributed by atoms with Crippen molar-refractivity contribution in [1.82, 2.24) is 0 Å². The monoisotopic (exact) mass is 346 g/mol. The zero-order chi connectivity index (χ0) is 15.7. The number of rotatable bonds is 2. The van der Waals surface area contributed by atoms with Gasteiger partial charge in [0.15, 0.2) is 0 Å². The molecular weight excluding hydrogens is 332 g/mol. The maximum Gasteiger partial charge on any atom is 0.266 e. The lowest BCUT2D eigenvalue weighted by Crippen LogP contribution is -2.16. The van der Waals surface area contributed by atoms with Crippen molar-refractivity contribution in [3.63, 3.8) is 0 Å². The largest absolute Gasteiger partial charge is 0.312 e. The van der Waals surface area contributed by atoms with Gasteiger partial charge in [0.1, 0.15) is 11.1 Å². The summed E-state index contributed by atoms with van der Waals surface area (Å²) in [6.07, 6.45) is 2.85. The summed E-state index contributed by atoms with van der Waals surface area (Å²) in [5.41, 5.74) is 2.75. The van der Waals surface area contributed by atoms with Crippen molar-refractivity contribution in [2.45, 2.75) is 26.2 Å². The summed E-state index contributed by atoms with van der Waals surface area (Å²) >= 11 is 8.22. The molecule has 0 radical (unpaired) electrons. The molecule has 0 aromatic carbocycles. The lowest BCUT2D eigenvalue weighted by molar-refractivity contribution is 0.103. The van der Waals surface area contributed by atoms with Crippen LogP contribution in [0.3, 0.4) is 0 Å². The minimum absolute atomic E-state index is 0.179. The van der Waals surface area contributed by atoms with Crippen LogP contribution >= 0.6 is 34.9 Å². The summed E-state index contributed by atoms with van der Waals surface area (Å²) in [4.78, 5) is 12.9. The molecule has 1 unspecified atom stereocenters. The quantitative estimate of drug-likeness (QED) is 0.796. The fourth-order valence-corrected chi connectivity index (χ4v) is 4.72. The van der Waals surface area contributed by atoms with Crippen molar-refractivity contribution in [3.8, 4) is 6.07 Å². The maximum absolute atomic E-state index is 12.2. The van der Waals surface area contributed by atoms with Gasteiger partial charge in [0.05, 0.1) is 14.3 Å². The average Bonchev–Trinajstić information content (AvgIpc) is 3.02. The molecule has 0 saturated heterocycles. The highest BCUT2D eigenvalue weighted by molar-refractivity contribution is 7.73. The highest BCUT2D eigenvalue weighted by Crippen LogP contribution is 2.36. The molecule has 6 heteroatoms. The van der Waals surface area contributed by atoms with Gasteiger partial charge in [-0.1, -0.05) is 25.2 Å². The third kappa shape index (κ3) is 2.84. The number of carbonyl (C=O) groups is 1. The van der Waals surface area contributed by atoms with Crippen molar-refractivity contribution in [3.05, 3.63) is 42.9 Å². The first-order chi connectivity index (χ1) is 10.6. The van der Waals surface area contributed by atoms with Crippen molar-refractivity contribution in [2.75, 3.05) is 5.32 Å². The fourth-order valence-electron chi connectivity index (χ4n) is 2.72. The van der Waals surface area contributed by atoms with Gasteiger partial charge in [0.25, 0.3) is 5.91 Å². The van der Waals surface area contributed by atoms with E-state index in [1.165, 1.54) is 22.7 Å². The lowest BCUT2D eigenvalue weighted by Gasteiger charge is -2.23. The van der Waals surface area contributed by atoms with E-state index in [-0.39, 0.29) is 5.91 Å². The SMILES string of the molecule is CC1CCc2c(C#N)c(NC(=O)c3cccs3)sc(=S)c2C1. The van der Waals surface area contributed by atoms with Crippen LogP contribution in [0.25, 0.3) is 0 Å². The topological polar surface area (TPSA) is 52.9 Å². The number of anilines is 1. The highest BCUT2D eigenvalue weighted by Gasteiger charge is 2.23. The Kier molecular flexibility index (Phi) is 4.39. The van der Waals surface area contributed by atoms with Crippen LogP contribution in [0.5, 0.6) is 0 Å². The Bertz CT molecular complexity index is 815. The molecule has 0 fully saturated rings. The molecule has 22 heavy (non-hydrogen) atoms. The number of hydrogen-bond donors (Lipinski definition) is 1. The molecule has 3 nitrogen and oxygen atoms in total. The Labute approximate surface area is 142 Å². The Morgan fingerprint density at radius 2 is 2.32 bits per heavy atom. The Morgan fingerprint density at radius 1 is 1.50 bits per heavy atom. The standard InChI is InChI=1S/C16H14N2OS3/c1-9-4-5-10-11(7-9)16(20)22-15(12(10)8-17)18-14(19)13-3-2-6-21-13/h2-3,6,9H,4-5,7H2,1H3,(H,18,19). The van der Waals surface area contributed by atoms with E-state index in [4.69, 9.17) is 12.2 Å². The molecule has 1 atom stereocenters. The van der Waals surface area contributed by atoms with E-state index in [9.17, 15) is 10.1 Å². The maximum atomic E-state index is 12.2. The molecule has 2 aromatic rings. The number of nitrogens with zero attached hydrogens (tertiary/aromatic N) is 1. The zero-order valence-electron chi connectivity index (χ0n) is 12.0. The zero-order valence-corrected chi connectivity index (χ0v) is 14.5. The van der Waals surface area contributed by atoms with Crippen LogP contribution in [0.4, 0.5) is 5.00 Å². The van der Waals surface area contributed by atoms with Crippen molar-refractivity contribution >= 4 is 45.8 Å². The summed E-state index contributed by atoms with van der Waals surface area (Å²) in [6, 6.07) is 5.87. The molecule has 0 saturated carbocycles. The number of nitriles is 1. The molecule has 3 rings (SSSR count). The van der Waals surface area contributed by atoms with E-state index in [0.717, 1.165) is 34.2 Å². The van der Waals surface area contributed by atoms with Gasteiger partial charge in [-0.15, -0.1) is 22.7 Å². The first-order valence-electron chi connectivity index (χ1n) is 7.04. The second kappa shape index (κ2) is 6.29. The van der Waals surface area contributed by atoms with Crippen LogP contribution in [0, 0.1) is 21.1 Å². The van der Waals surface area contributed by atoms with Gasteiger partial charge < -0.3 is 5.32 Å². The minimum atomic E-state index is -0.179. The molecule has 0 spiro atoms. The number of fused-ring (bicyclic) bond motifs is 1. The van der Waals surface area contributed by atoms with Gasteiger partial charge in [-0.3, -0.25) is 4.79 Å². The molecule has 112 valence electrons. The lowest BCUT2D eigenvalue weighted by atomic mass is 9.85. The van der Waals surface area contributed by atoms with Gasteiger partial charge in [-0.2, -0.15) is 5.26 Å². The smallest absolute Gasteiger partial charge is 0.266 e. The van der Waals surface area contributed by atoms with E-state index >= 15 is 0 Å². The third-order valence-electron chi connectivity index (χ3n) is 3.86. The first kappa shape index (κ1) is 15.3. The van der Waals surface area contributed by atoms with E-state index in [1.807, 2.05) is 11.4 Å². The van der Waals surface area contributed by atoms with Gasteiger partial charge in [-0.25, -0.2) is 0 Å². The molecule has 1 aliphatic carbocycles. The van der Waals surface area contributed by atoms with Crippen LogP contribution in [-0.4, -0.2) is 5.91 Å². The Balaban J connectivity index is 2.02. The number of carbonyl (C=O) groups excluding carboxylic acids is 1. The van der Waals surface area contributed by atoms with Crippen LogP contribution in [0.2, 0.25) is 0 Å².